The van der Waals surface area contributed by atoms with Gasteiger partial charge in [0.2, 0.25) is 0 Å². The fourth-order valence-electron chi connectivity index (χ4n) is 2.07. The summed E-state index contributed by atoms with van der Waals surface area (Å²) < 4.78 is 33.9. The third kappa shape index (κ3) is 3.94. The fraction of sp³-hybridized carbons (Fsp3) is 0.538. The van der Waals surface area contributed by atoms with Gasteiger partial charge in [0.05, 0.1) is 11.1 Å². The van der Waals surface area contributed by atoms with Crippen LogP contribution in [0, 0.1) is 0 Å². The molecule has 1 saturated carbocycles. The maximum Gasteiger partial charge on any atom is 0.387 e. The van der Waals surface area contributed by atoms with Crippen molar-refractivity contribution < 1.29 is 18.3 Å². The summed E-state index contributed by atoms with van der Waals surface area (Å²) in [6.07, 6.45) is 2.21. The largest absolute Gasteiger partial charge is 0.433 e. The monoisotopic (exact) mass is 291 g/mol. The Bertz CT molecular complexity index is 425. The summed E-state index contributed by atoms with van der Waals surface area (Å²) in [6.45, 7) is -0.166. The van der Waals surface area contributed by atoms with E-state index in [2.05, 4.69) is 10.1 Å². The minimum atomic E-state index is -2.87. The molecule has 19 heavy (non-hydrogen) atoms. The molecule has 106 valence electrons. The summed E-state index contributed by atoms with van der Waals surface area (Å²) in [7, 11) is 0. The maximum absolute atomic E-state index is 12.1. The highest BCUT2D eigenvalue weighted by atomic mass is 35.5. The second kappa shape index (κ2) is 6.39. The Morgan fingerprint density at radius 2 is 2.16 bits per heavy atom. The molecule has 0 radical (unpaired) electrons. The van der Waals surface area contributed by atoms with E-state index in [9.17, 15) is 8.78 Å². The van der Waals surface area contributed by atoms with Crippen LogP contribution in [0.4, 0.5) is 14.5 Å². The van der Waals surface area contributed by atoms with Crippen molar-refractivity contribution >= 4 is 17.3 Å². The van der Waals surface area contributed by atoms with Crippen LogP contribution < -0.4 is 10.1 Å². The molecule has 0 aromatic heterocycles. The number of rotatable bonds is 6. The zero-order valence-electron chi connectivity index (χ0n) is 10.5. The molecule has 1 aliphatic rings. The molecule has 3 nitrogen and oxygen atoms in total. The summed E-state index contributed by atoms with van der Waals surface area (Å²) >= 11 is 5.87. The quantitative estimate of drug-likeness (QED) is 0.862. The first-order chi connectivity index (χ1) is 9.08. The van der Waals surface area contributed by atoms with Gasteiger partial charge in [-0.1, -0.05) is 11.6 Å². The highest BCUT2D eigenvalue weighted by Crippen LogP contribution is 2.32. The molecule has 1 aromatic rings. The lowest BCUT2D eigenvalue weighted by Gasteiger charge is -2.36. The van der Waals surface area contributed by atoms with Gasteiger partial charge in [-0.05, 0) is 38.0 Å². The first-order valence-electron chi connectivity index (χ1n) is 6.21. The van der Waals surface area contributed by atoms with E-state index in [1.165, 1.54) is 6.07 Å². The maximum atomic E-state index is 12.1. The Morgan fingerprint density at radius 3 is 2.74 bits per heavy atom. The van der Waals surface area contributed by atoms with Gasteiger partial charge in [-0.3, -0.25) is 0 Å². The molecule has 0 saturated heterocycles. The molecular formula is C13H16ClF2NO2. The van der Waals surface area contributed by atoms with Crippen LogP contribution in [0.5, 0.6) is 5.75 Å². The summed E-state index contributed by atoms with van der Waals surface area (Å²) in [5, 5.41) is 3.45. The highest BCUT2D eigenvalue weighted by molar-refractivity contribution is 6.32. The zero-order valence-corrected chi connectivity index (χ0v) is 11.3. The van der Waals surface area contributed by atoms with Crippen LogP contribution in [0.1, 0.15) is 19.8 Å². The standard InChI is InChI=1S/C13H16ClF2NO2/c1-2-18-10-5-9(6-10)17-8-3-4-12(11(14)7-8)19-13(15)16/h3-4,7,9-10,13,17H,2,5-6H2,1H3. The predicted molar refractivity (Wildman–Crippen MR) is 70.1 cm³/mol. The van der Waals surface area contributed by atoms with E-state index in [1.807, 2.05) is 6.92 Å². The predicted octanol–water partition coefficient (Wildman–Crippen LogP) is 3.92. The summed E-state index contributed by atoms with van der Waals surface area (Å²) in [5.74, 6) is -0.0111. The molecule has 0 bridgehead atoms. The Hall–Kier alpha value is -1.07. The van der Waals surface area contributed by atoms with Crippen molar-refractivity contribution in [3.8, 4) is 5.75 Å². The Balaban J connectivity index is 1.87. The number of benzene rings is 1. The molecular weight excluding hydrogens is 276 g/mol. The SMILES string of the molecule is CCOC1CC(Nc2ccc(OC(F)F)c(Cl)c2)C1. The third-order valence-corrected chi connectivity index (χ3v) is 3.31. The number of nitrogens with one attached hydrogen (secondary N) is 1. The Kier molecular flexibility index (Phi) is 4.82. The van der Waals surface area contributed by atoms with Crippen molar-refractivity contribution in [2.45, 2.75) is 38.5 Å². The van der Waals surface area contributed by atoms with Crippen LogP contribution in [0.15, 0.2) is 18.2 Å². The molecule has 1 N–H and O–H groups in total. The van der Waals surface area contributed by atoms with Crippen molar-refractivity contribution in [1.82, 2.24) is 0 Å². The van der Waals surface area contributed by atoms with Crippen molar-refractivity contribution in [1.29, 1.82) is 0 Å². The van der Waals surface area contributed by atoms with E-state index in [-0.39, 0.29) is 10.8 Å². The lowest BCUT2D eigenvalue weighted by atomic mass is 9.89. The van der Waals surface area contributed by atoms with E-state index in [0.717, 1.165) is 25.1 Å². The van der Waals surface area contributed by atoms with Crippen molar-refractivity contribution in [3.05, 3.63) is 23.2 Å². The van der Waals surface area contributed by atoms with Crippen molar-refractivity contribution in [2.24, 2.45) is 0 Å². The second-order valence-electron chi connectivity index (χ2n) is 4.41. The van der Waals surface area contributed by atoms with Gasteiger partial charge in [-0.15, -0.1) is 0 Å². The molecule has 0 unspecified atom stereocenters. The third-order valence-electron chi connectivity index (χ3n) is 3.02. The number of hydrogen-bond acceptors (Lipinski definition) is 3. The van der Waals surface area contributed by atoms with Gasteiger partial charge in [0.15, 0.2) is 0 Å². The van der Waals surface area contributed by atoms with E-state index < -0.39 is 6.61 Å². The smallest absolute Gasteiger partial charge is 0.387 e. The number of alkyl halides is 2. The molecule has 2 rings (SSSR count). The molecule has 1 aromatic carbocycles. The van der Waals surface area contributed by atoms with Crippen LogP contribution in [0.25, 0.3) is 0 Å². The van der Waals surface area contributed by atoms with E-state index in [1.54, 1.807) is 12.1 Å². The highest BCUT2D eigenvalue weighted by Gasteiger charge is 2.29. The second-order valence-corrected chi connectivity index (χ2v) is 4.82. The molecule has 0 amide bonds. The lowest BCUT2D eigenvalue weighted by molar-refractivity contribution is -0.0497. The van der Waals surface area contributed by atoms with Crippen LogP contribution in [0.2, 0.25) is 5.02 Å². The molecule has 6 heteroatoms. The first-order valence-corrected chi connectivity index (χ1v) is 6.58. The average Bonchev–Trinajstić information content (AvgIpc) is 2.29. The number of ether oxygens (including phenoxy) is 2. The van der Waals surface area contributed by atoms with Crippen LogP contribution in [-0.4, -0.2) is 25.4 Å². The lowest BCUT2D eigenvalue weighted by Crippen LogP contribution is -2.40. The summed E-state index contributed by atoms with van der Waals surface area (Å²) in [5.41, 5.74) is 0.798. The normalized spacial score (nSPS) is 22.2. The Morgan fingerprint density at radius 1 is 1.42 bits per heavy atom. The van der Waals surface area contributed by atoms with Gasteiger partial charge >= 0.3 is 6.61 Å². The van der Waals surface area contributed by atoms with Crippen LogP contribution in [0.3, 0.4) is 0 Å². The van der Waals surface area contributed by atoms with Gasteiger partial charge in [-0.2, -0.15) is 8.78 Å². The van der Waals surface area contributed by atoms with Crippen LogP contribution in [-0.2, 0) is 4.74 Å². The minimum Gasteiger partial charge on any atom is -0.433 e. The van der Waals surface area contributed by atoms with Crippen molar-refractivity contribution in [3.63, 3.8) is 0 Å². The molecule has 0 spiro atoms. The van der Waals surface area contributed by atoms with Crippen LogP contribution >= 0.6 is 11.6 Å². The summed E-state index contributed by atoms with van der Waals surface area (Å²) in [4.78, 5) is 0. The Labute approximate surface area is 115 Å². The molecule has 1 fully saturated rings. The van der Waals surface area contributed by atoms with Gasteiger partial charge in [0.1, 0.15) is 5.75 Å². The van der Waals surface area contributed by atoms with Gasteiger partial charge in [0, 0.05) is 18.3 Å². The average molecular weight is 292 g/mol. The van der Waals surface area contributed by atoms with E-state index in [0.29, 0.717) is 12.1 Å². The summed E-state index contributed by atoms with van der Waals surface area (Å²) in [6, 6.07) is 5.05. The molecule has 0 atom stereocenters. The number of hydrogen-bond donors (Lipinski definition) is 1. The fourth-order valence-corrected chi connectivity index (χ4v) is 2.30. The number of anilines is 1. The minimum absolute atomic E-state index is 0.0111. The van der Waals surface area contributed by atoms with Gasteiger partial charge in [0.25, 0.3) is 0 Å². The van der Waals surface area contributed by atoms with Crippen molar-refractivity contribution in [2.75, 3.05) is 11.9 Å². The topological polar surface area (TPSA) is 30.5 Å². The first kappa shape index (κ1) is 14.3. The zero-order chi connectivity index (χ0) is 13.8. The number of halogens is 3. The molecule has 1 aliphatic carbocycles. The molecule has 0 heterocycles. The van der Waals surface area contributed by atoms with E-state index >= 15 is 0 Å². The van der Waals surface area contributed by atoms with Gasteiger partial charge < -0.3 is 14.8 Å². The molecule has 0 aliphatic heterocycles. The van der Waals surface area contributed by atoms with E-state index in [4.69, 9.17) is 16.3 Å². The van der Waals surface area contributed by atoms with Gasteiger partial charge in [-0.25, -0.2) is 0 Å².